The SMILES string of the molecule is CCn1nc(C)c(C(C)NC(=O)c2ccc3sc(C)nc3c2)c1C. The molecule has 1 amide bonds. The lowest BCUT2D eigenvalue weighted by atomic mass is 10.1. The fourth-order valence-corrected chi connectivity index (χ4v) is 3.99. The van der Waals surface area contributed by atoms with Gasteiger partial charge in [0.15, 0.2) is 0 Å². The van der Waals surface area contributed by atoms with Crippen LogP contribution in [0.15, 0.2) is 18.2 Å². The van der Waals surface area contributed by atoms with Crippen LogP contribution in [0.2, 0.25) is 0 Å². The highest BCUT2D eigenvalue weighted by Crippen LogP contribution is 2.24. The second-order valence-corrected chi connectivity index (χ2v) is 7.25. The summed E-state index contributed by atoms with van der Waals surface area (Å²) in [6.45, 7) is 10.9. The number of nitrogens with zero attached hydrogens (tertiary/aromatic N) is 3. The molecular formula is C18H22N4OS. The molecule has 0 fully saturated rings. The van der Waals surface area contributed by atoms with Crippen molar-refractivity contribution in [3.05, 3.63) is 45.7 Å². The molecule has 24 heavy (non-hydrogen) atoms. The number of aryl methyl sites for hydroxylation is 3. The average molecular weight is 342 g/mol. The Kier molecular flexibility index (Phi) is 4.41. The summed E-state index contributed by atoms with van der Waals surface area (Å²) >= 11 is 1.64. The van der Waals surface area contributed by atoms with Gasteiger partial charge in [-0.3, -0.25) is 9.48 Å². The van der Waals surface area contributed by atoms with Crippen LogP contribution in [-0.4, -0.2) is 20.7 Å². The molecule has 1 unspecified atom stereocenters. The van der Waals surface area contributed by atoms with Crippen LogP contribution < -0.4 is 5.32 Å². The molecule has 2 aromatic heterocycles. The van der Waals surface area contributed by atoms with Crippen molar-refractivity contribution in [3.63, 3.8) is 0 Å². The van der Waals surface area contributed by atoms with Crippen molar-refractivity contribution in [1.29, 1.82) is 0 Å². The summed E-state index contributed by atoms with van der Waals surface area (Å²) in [4.78, 5) is 17.1. The molecule has 0 aliphatic carbocycles. The van der Waals surface area contributed by atoms with E-state index in [0.29, 0.717) is 5.56 Å². The summed E-state index contributed by atoms with van der Waals surface area (Å²) in [5, 5.41) is 8.63. The predicted molar refractivity (Wildman–Crippen MR) is 97.6 cm³/mol. The first kappa shape index (κ1) is 16.6. The topological polar surface area (TPSA) is 59.8 Å². The molecule has 1 atom stereocenters. The number of rotatable bonds is 4. The summed E-state index contributed by atoms with van der Waals surface area (Å²) in [5.41, 5.74) is 4.68. The van der Waals surface area contributed by atoms with Crippen LogP contribution in [0.5, 0.6) is 0 Å². The lowest BCUT2D eigenvalue weighted by Crippen LogP contribution is -2.27. The van der Waals surface area contributed by atoms with Gasteiger partial charge in [0, 0.05) is 23.4 Å². The standard InChI is InChI=1S/C18H22N4OS/c1-6-22-12(4)17(11(3)21-22)10(2)19-18(23)14-7-8-16-15(9-14)20-13(5)24-16/h7-10H,6H2,1-5H3,(H,19,23). The highest BCUT2D eigenvalue weighted by Gasteiger charge is 2.19. The van der Waals surface area contributed by atoms with Crippen molar-refractivity contribution in [2.45, 2.75) is 47.2 Å². The number of fused-ring (bicyclic) bond motifs is 1. The molecule has 0 aliphatic rings. The van der Waals surface area contributed by atoms with E-state index in [-0.39, 0.29) is 11.9 Å². The zero-order chi connectivity index (χ0) is 17.4. The zero-order valence-electron chi connectivity index (χ0n) is 14.7. The van der Waals surface area contributed by atoms with E-state index in [1.165, 1.54) is 0 Å². The van der Waals surface area contributed by atoms with E-state index in [4.69, 9.17) is 0 Å². The van der Waals surface area contributed by atoms with E-state index in [0.717, 1.165) is 38.7 Å². The van der Waals surface area contributed by atoms with Gasteiger partial charge >= 0.3 is 0 Å². The maximum atomic E-state index is 12.6. The minimum absolute atomic E-state index is 0.0851. The Morgan fingerprint density at radius 1 is 1.33 bits per heavy atom. The Hall–Kier alpha value is -2.21. The van der Waals surface area contributed by atoms with E-state index in [9.17, 15) is 4.79 Å². The average Bonchev–Trinajstić information content (AvgIpc) is 3.04. The first-order chi connectivity index (χ1) is 11.4. The summed E-state index contributed by atoms with van der Waals surface area (Å²) in [5.74, 6) is -0.0851. The number of thiazole rings is 1. The molecular weight excluding hydrogens is 320 g/mol. The van der Waals surface area contributed by atoms with Gasteiger partial charge in [-0.15, -0.1) is 11.3 Å². The van der Waals surface area contributed by atoms with E-state index >= 15 is 0 Å². The third kappa shape index (κ3) is 2.94. The number of nitrogens with one attached hydrogen (secondary N) is 1. The lowest BCUT2D eigenvalue weighted by molar-refractivity contribution is 0.0940. The number of carbonyl (C=O) groups is 1. The predicted octanol–water partition coefficient (Wildman–Crippen LogP) is 3.93. The maximum absolute atomic E-state index is 12.6. The third-order valence-electron chi connectivity index (χ3n) is 4.27. The monoisotopic (exact) mass is 342 g/mol. The van der Waals surface area contributed by atoms with Gasteiger partial charge in [-0.1, -0.05) is 0 Å². The van der Waals surface area contributed by atoms with Crippen LogP contribution in [0.1, 0.15) is 52.2 Å². The van der Waals surface area contributed by atoms with Gasteiger partial charge in [0.05, 0.1) is 27.0 Å². The Balaban J connectivity index is 1.84. The van der Waals surface area contributed by atoms with Gasteiger partial charge in [-0.25, -0.2) is 4.98 Å². The molecule has 3 rings (SSSR count). The second-order valence-electron chi connectivity index (χ2n) is 6.01. The molecule has 0 spiro atoms. The van der Waals surface area contributed by atoms with Crippen molar-refractivity contribution >= 4 is 27.5 Å². The highest BCUT2D eigenvalue weighted by atomic mass is 32.1. The van der Waals surface area contributed by atoms with Gasteiger partial charge in [-0.05, 0) is 52.8 Å². The molecule has 0 bridgehead atoms. The Labute approximate surface area is 145 Å². The highest BCUT2D eigenvalue weighted by molar-refractivity contribution is 7.18. The van der Waals surface area contributed by atoms with Crippen LogP contribution in [-0.2, 0) is 6.54 Å². The van der Waals surface area contributed by atoms with Gasteiger partial charge in [0.1, 0.15) is 0 Å². The normalized spacial score (nSPS) is 12.5. The minimum atomic E-state index is -0.0920. The molecule has 0 saturated heterocycles. The smallest absolute Gasteiger partial charge is 0.251 e. The Morgan fingerprint density at radius 2 is 2.08 bits per heavy atom. The summed E-state index contributed by atoms with van der Waals surface area (Å²) in [7, 11) is 0. The van der Waals surface area contributed by atoms with Crippen LogP contribution >= 0.6 is 11.3 Å². The Morgan fingerprint density at radius 3 is 2.75 bits per heavy atom. The van der Waals surface area contributed by atoms with Crippen LogP contribution in [0.4, 0.5) is 0 Å². The first-order valence-electron chi connectivity index (χ1n) is 8.12. The second kappa shape index (κ2) is 6.36. The third-order valence-corrected chi connectivity index (χ3v) is 5.23. The molecule has 6 heteroatoms. The number of carbonyl (C=O) groups excluding carboxylic acids is 1. The molecule has 1 N–H and O–H groups in total. The largest absolute Gasteiger partial charge is 0.345 e. The minimum Gasteiger partial charge on any atom is -0.345 e. The molecule has 0 saturated carbocycles. The van der Waals surface area contributed by atoms with E-state index in [2.05, 4.69) is 22.3 Å². The maximum Gasteiger partial charge on any atom is 0.251 e. The molecule has 3 aromatic rings. The molecule has 0 aliphatic heterocycles. The van der Waals surface area contributed by atoms with Crippen molar-refractivity contribution in [1.82, 2.24) is 20.1 Å². The van der Waals surface area contributed by atoms with Gasteiger partial charge in [0.25, 0.3) is 5.91 Å². The van der Waals surface area contributed by atoms with Gasteiger partial charge in [-0.2, -0.15) is 5.10 Å². The zero-order valence-corrected chi connectivity index (χ0v) is 15.5. The number of amides is 1. The molecule has 2 heterocycles. The van der Waals surface area contributed by atoms with E-state index in [1.54, 1.807) is 11.3 Å². The van der Waals surface area contributed by atoms with Crippen molar-refractivity contribution < 1.29 is 4.79 Å². The summed E-state index contributed by atoms with van der Waals surface area (Å²) < 4.78 is 3.07. The number of hydrogen-bond acceptors (Lipinski definition) is 4. The van der Waals surface area contributed by atoms with Crippen molar-refractivity contribution in [2.24, 2.45) is 0 Å². The van der Waals surface area contributed by atoms with Crippen LogP contribution in [0.25, 0.3) is 10.2 Å². The first-order valence-corrected chi connectivity index (χ1v) is 8.94. The van der Waals surface area contributed by atoms with Crippen LogP contribution in [0, 0.1) is 20.8 Å². The van der Waals surface area contributed by atoms with Crippen LogP contribution in [0.3, 0.4) is 0 Å². The van der Waals surface area contributed by atoms with Crippen molar-refractivity contribution in [3.8, 4) is 0 Å². The molecule has 5 nitrogen and oxygen atoms in total. The quantitative estimate of drug-likeness (QED) is 0.781. The molecule has 126 valence electrons. The summed E-state index contributed by atoms with van der Waals surface area (Å²) in [6.07, 6.45) is 0. The lowest BCUT2D eigenvalue weighted by Gasteiger charge is -2.15. The fraction of sp³-hybridized carbons (Fsp3) is 0.389. The summed E-state index contributed by atoms with van der Waals surface area (Å²) in [6, 6.07) is 5.59. The number of aromatic nitrogens is 3. The number of benzene rings is 1. The van der Waals surface area contributed by atoms with E-state index < -0.39 is 0 Å². The molecule has 1 aromatic carbocycles. The van der Waals surface area contributed by atoms with Crippen molar-refractivity contribution in [2.75, 3.05) is 0 Å². The van der Waals surface area contributed by atoms with E-state index in [1.807, 2.05) is 50.6 Å². The number of hydrogen-bond donors (Lipinski definition) is 1. The van der Waals surface area contributed by atoms with Gasteiger partial charge in [0.2, 0.25) is 0 Å². The van der Waals surface area contributed by atoms with Gasteiger partial charge < -0.3 is 5.32 Å². The Bertz CT molecular complexity index is 909. The molecule has 0 radical (unpaired) electrons. The fourth-order valence-electron chi connectivity index (χ4n) is 3.18.